The standard InChI is InChI=1S/C17H30N4O2/c1-7-18-16(21-12-17(4,5)22-6)20-11-14-8-9-15(19-10-14)23-13(2)3/h8-10,13H,7,11-12H2,1-6H3,(H2,18,20,21). The molecule has 0 saturated carbocycles. The summed E-state index contributed by atoms with van der Waals surface area (Å²) in [7, 11) is 1.71. The fourth-order valence-electron chi connectivity index (χ4n) is 1.70. The van der Waals surface area contributed by atoms with Crippen LogP contribution in [0.15, 0.2) is 23.3 Å². The second-order valence-corrected chi connectivity index (χ2v) is 6.18. The molecule has 0 amide bonds. The number of aliphatic imine (C=N–C) groups is 1. The molecule has 130 valence electrons. The van der Waals surface area contributed by atoms with E-state index in [-0.39, 0.29) is 11.7 Å². The molecule has 0 aliphatic rings. The van der Waals surface area contributed by atoms with Crippen LogP contribution in [-0.2, 0) is 11.3 Å². The van der Waals surface area contributed by atoms with Gasteiger partial charge in [-0.15, -0.1) is 0 Å². The van der Waals surface area contributed by atoms with E-state index in [0.29, 0.717) is 19.0 Å². The topological polar surface area (TPSA) is 67.8 Å². The molecular weight excluding hydrogens is 292 g/mol. The number of pyridine rings is 1. The maximum Gasteiger partial charge on any atom is 0.213 e. The third-order valence-electron chi connectivity index (χ3n) is 3.15. The highest BCUT2D eigenvalue weighted by molar-refractivity contribution is 5.79. The fourth-order valence-corrected chi connectivity index (χ4v) is 1.70. The second kappa shape index (κ2) is 9.35. The lowest BCUT2D eigenvalue weighted by molar-refractivity contribution is 0.0268. The molecule has 0 aromatic carbocycles. The van der Waals surface area contributed by atoms with E-state index in [4.69, 9.17) is 9.47 Å². The first-order valence-electron chi connectivity index (χ1n) is 8.05. The molecule has 0 spiro atoms. The van der Waals surface area contributed by atoms with Crippen LogP contribution >= 0.6 is 0 Å². The van der Waals surface area contributed by atoms with Crippen LogP contribution in [0, 0.1) is 0 Å². The molecule has 23 heavy (non-hydrogen) atoms. The minimum absolute atomic E-state index is 0.125. The molecule has 0 unspecified atom stereocenters. The quantitative estimate of drug-likeness (QED) is 0.568. The Morgan fingerprint density at radius 1 is 1.30 bits per heavy atom. The second-order valence-electron chi connectivity index (χ2n) is 6.18. The summed E-state index contributed by atoms with van der Waals surface area (Å²) in [5.41, 5.74) is 0.789. The van der Waals surface area contributed by atoms with E-state index in [1.807, 2.05) is 46.8 Å². The number of hydrogen-bond acceptors (Lipinski definition) is 4. The van der Waals surface area contributed by atoms with Gasteiger partial charge in [0.2, 0.25) is 5.88 Å². The van der Waals surface area contributed by atoms with Crippen molar-refractivity contribution in [2.24, 2.45) is 4.99 Å². The summed E-state index contributed by atoms with van der Waals surface area (Å²) in [6, 6.07) is 3.86. The molecule has 0 atom stereocenters. The Bertz CT molecular complexity index is 484. The Kier molecular flexibility index (Phi) is 7.81. The number of ether oxygens (including phenoxy) is 2. The summed E-state index contributed by atoms with van der Waals surface area (Å²) >= 11 is 0. The van der Waals surface area contributed by atoms with Crippen molar-refractivity contribution in [1.29, 1.82) is 0 Å². The van der Waals surface area contributed by atoms with E-state index < -0.39 is 0 Å². The molecule has 2 N–H and O–H groups in total. The van der Waals surface area contributed by atoms with Crippen molar-refractivity contribution in [2.75, 3.05) is 20.2 Å². The Hall–Kier alpha value is -1.82. The van der Waals surface area contributed by atoms with Crippen molar-refractivity contribution in [1.82, 2.24) is 15.6 Å². The Balaban J connectivity index is 2.62. The monoisotopic (exact) mass is 322 g/mol. The van der Waals surface area contributed by atoms with Crippen LogP contribution in [0.2, 0.25) is 0 Å². The van der Waals surface area contributed by atoms with Gasteiger partial charge in [-0.25, -0.2) is 9.98 Å². The van der Waals surface area contributed by atoms with Crippen molar-refractivity contribution in [3.63, 3.8) is 0 Å². The van der Waals surface area contributed by atoms with E-state index in [9.17, 15) is 0 Å². The predicted octanol–water partition coefficient (Wildman–Crippen LogP) is 2.35. The highest BCUT2D eigenvalue weighted by Gasteiger charge is 2.16. The van der Waals surface area contributed by atoms with Gasteiger partial charge in [0.05, 0.1) is 18.2 Å². The normalized spacial score (nSPS) is 12.4. The number of rotatable bonds is 8. The van der Waals surface area contributed by atoms with Crippen LogP contribution in [-0.4, -0.2) is 42.8 Å². The average Bonchev–Trinajstić information content (AvgIpc) is 2.51. The number of hydrogen-bond donors (Lipinski definition) is 2. The molecule has 1 heterocycles. The van der Waals surface area contributed by atoms with Gasteiger partial charge < -0.3 is 20.1 Å². The highest BCUT2D eigenvalue weighted by atomic mass is 16.5. The van der Waals surface area contributed by atoms with Gasteiger partial charge in [-0.1, -0.05) is 6.07 Å². The van der Waals surface area contributed by atoms with E-state index in [1.54, 1.807) is 13.3 Å². The van der Waals surface area contributed by atoms with Crippen LogP contribution in [0.1, 0.15) is 40.2 Å². The summed E-state index contributed by atoms with van der Waals surface area (Å²) in [6.45, 7) is 12.1. The third-order valence-corrected chi connectivity index (χ3v) is 3.15. The molecule has 0 aliphatic heterocycles. The maximum atomic E-state index is 5.54. The maximum absolute atomic E-state index is 5.54. The zero-order valence-corrected chi connectivity index (χ0v) is 15.1. The SMILES string of the molecule is CCNC(=NCc1ccc(OC(C)C)nc1)NCC(C)(C)OC. The largest absolute Gasteiger partial charge is 0.475 e. The first-order chi connectivity index (χ1) is 10.9. The Morgan fingerprint density at radius 2 is 2.04 bits per heavy atom. The van der Waals surface area contributed by atoms with Crippen LogP contribution in [0.3, 0.4) is 0 Å². The molecule has 1 aromatic heterocycles. The Labute approximate surface area is 139 Å². The van der Waals surface area contributed by atoms with Crippen molar-refractivity contribution in [3.05, 3.63) is 23.9 Å². The number of nitrogens with zero attached hydrogens (tertiary/aromatic N) is 2. The van der Waals surface area contributed by atoms with Crippen molar-refractivity contribution < 1.29 is 9.47 Å². The highest BCUT2D eigenvalue weighted by Crippen LogP contribution is 2.10. The van der Waals surface area contributed by atoms with Gasteiger partial charge in [-0.05, 0) is 40.2 Å². The molecule has 0 radical (unpaired) electrons. The Morgan fingerprint density at radius 3 is 2.57 bits per heavy atom. The summed E-state index contributed by atoms with van der Waals surface area (Å²) < 4.78 is 10.9. The van der Waals surface area contributed by atoms with Crippen LogP contribution < -0.4 is 15.4 Å². The van der Waals surface area contributed by atoms with Crippen molar-refractivity contribution in [2.45, 2.75) is 52.9 Å². The fraction of sp³-hybridized carbons (Fsp3) is 0.647. The first-order valence-corrected chi connectivity index (χ1v) is 8.05. The van der Waals surface area contributed by atoms with Gasteiger partial charge in [-0.2, -0.15) is 0 Å². The average molecular weight is 322 g/mol. The van der Waals surface area contributed by atoms with Gasteiger partial charge in [0.1, 0.15) is 0 Å². The number of guanidine groups is 1. The zero-order chi connectivity index (χ0) is 17.3. The third kappa shape index (κ3) is 7.83. The lowest BCUT2D eigenvalue weighted by Gasteiger charge is -2.24. The molecular formula is C17H30N4O2. The van der Waals surface area contributed by atoms with E-state index in [1.165, 1.54) is 0 Å². The van der Waals surface area contributed by atoms with Crippen molar-refractivity contribution >= 4 is 5.96 Å². The van der Waals surface area contributed by atoms with Crippen molar-refractivity contribution in [3.8, 4) is 5.88 Å². The number of methoxy groups -OCH3 is 1. The minimum Gasteiger partial charge on any atom is -0.475 e. The van der Waals surface area contributed by atoms with Crippen LogP contribution in [0.5, 0.6) is 5.88 Å². The smallest absolute Gasteiger partial charge is 0.213 e. The van der Waals surface area contributed by atoms with Gasteiger partial charge >= 0.3 is 0 Å². The molecule has 0 saturated heterocycles. The molecule has 0 bridgehead atoms. The summed E-state index contributed by atoms with van der Waals surface area (Å²) in [5.74, 6) is 1.40. The number of nitrogens with one attached hydrogen (secondary N) is 2. The lowest BCUT2D eigenvalue weighted by Crippen LogP contribution is -2.45. The molecule has 6 heteroatoms. The summed E-state index contributed by atoms with van der Waals surface area (Å²) in [4.78, 5) is 8.86. The lowest BCUT2D eigenvalue weighted by atomic mass is 10.1. The first kappa shape index (κ1) is 19.2. The van der Waals surface area contributed by atoms with Gasteiger partial charge in [0.25, 0.3) is 0 Å². The zero-order valence-electron chi connectivity index (χ0n) is 15.1. The molecule has 1 rings (SSSR count). The van der Waals surface area contributed by atoms with E-state index in [2.05, 4.69) is 20.6 Å². The minimum atomic E-state index is -0.242. The summed E-state index contributed by atoms with van der Waals surface area (Å²) in [6.07, 6.45) is 1.92. The molecule has 6 nitrogen and oxygen atoms in total. The van der Waals surface area contributed by atoms with E-state index in [0.717, 1.165) is 18.1 Å². The number of aromatic nitrogens is 1. The van der Waals surface area contributed by atoms with Gasteiger partial charge in [-0.3, -0.25) is 0 Å². The summed E-state index contributed by atoms with van der Waals surface area (Å²) in [5, 5.41) is 6.51. The predicted molar refractivity (Wildman–Crippen MR) is 93.9 cm³/mol. The van der Waals surface area contributed by atoms with E-state index >= 15 is 0 Å². The van der Waals surface area contributed by atoms with Gasteiger partial charge in [0, 0.05) is 32.5 Å². The molecule has 0 aliphatic carbocycles. The van der Waals surface area contributed by atoms with Crippen LogP contribution in [0.4, 0.5) is 0 Å². The van der Waals surface area contributed by atoms with Gasteiger partial charge in [0.15, 0.2) is 5.96 Å². The van der Waals surface area contributed by atoms with Crippen LogP contribution in [0.25, 0.3) is 0 Å². The molecule has 1 aromatic rings. The molecule has 0 fully saturated rings.